The molecule has 0 saturated carbocycles. The van der Waals surface area contributed by atoms with Crippen LogP contribution in [0.25, 0.3) is 5.70 Å². The second-order valence-corrected chi connectivity index (χ2v) is 4.35. The van der Waals surface area contributed by atoms with Crippen molar-refractivity contribution >= 4 is 29.8 Å². The fourth-order valence-corrected chi connectivity index (χ4v) is 1.83. The second-order valence-electron chi connectivity index (χ2n) is 3.94. The fourth-order valence-electron chi connectivity index (χ4n) is 1.54. The summed E-state index contributed by atoms with van der Waals surface area (Å²) < 4.78 is 27.2. The highest BCUT2D eigenvalue weighted by atomic mass is 32.1. The van der Waals surface area contributed by atoms with Gasteiger partial charge in [-0.3, -0.25) is 4.79 Å². The Kier molecular flexibility index (Phi) is 2.61. The molecule has 0 bridgehead atoms. The van der Waals surface area contributed by atoms with Crippen molar-refractivity contribution in [2.45, 2.75) is 5.92 Å². The van der Waals surface area contributed by atoms with Gasteiger partial charge in [-0.1, -0.05) is 0 Å². The number of carbonyl (C=O) groups is 1. The molecule has 0 aromatic carbocycles. The monoisotopic (exact) mass is 256 g/mol. The van der Waals surface area contributed by atoms with Gasteiger partial charge < -0.3 is 17.5 Å². The minimum atomic E-state index is -3.47. The van der Waals surface area contributed by atoms with Crippen LogP contribution in [0, 0.1) is 0 Å². The molecule has 0 aliphatic heterocycles. The van der Waals surface area contributed by atoms with E-state index in [0.29, 0.717) is 0 Å². The number of carbonyl (C=O) groups excluding carboxylic acids is 1. The summed E-state index contributed by atoms with van der Waals surface area (Å²) in [5.74, 6) is -4.69. The Hall–Kier alpha value is -1.56. The minimum absolute atomic E-state index is 0.115. The number of hydrogen-bond acceptors (Lipinski definition) is 3. The van der Waals surface area contributed by atoms with Crippen LogP contribution in [0.3, 0.4) is 0 Å². The summed E-state index contributed by atoms with van der Waals surface area (Å²) in [6, 6.07) is 3.44. The second kappa shape index (κ2) is 3.73. The Morgan fingerprint density at radius 2 is 1.82 bits per heavy atom. The first-order valence-electron chi connectivity index (χ1n) is 4.89. The molecule has 0 saturated heterocycles. The molecule has 0 amide bonds. The van der Waals surface area contributed by atoms with Crippen LogP contribution in [-0.2, 0) is 17.4 Å². The van der Waals surface area contributed by atoms with Crippen LogP contribution < -0.4 is 9.47 Å². The fraction of sp³-hybridized carbons (Fsp3) is 0.273. The summed E-state index contributed by atoms with van der Waals surface area (Å²) in [6.45, 7) is 0. The smallest absolute Gasteiger partial charge is 0.323 e. The number of aromatic nitrogens is 1. The summed E-state index contributed by atoms with van der Waals surface area (Å²) in [6.07, 6.45) is 3.09. The molecule has 0 atom stereocenters. The van der Waals surface area contributed by atoms with Crippen LogP contribution in [0.4, 0.5) is 14.5 Å². The number of alkyl halides is 2. The van der Waals surface area contributed by atoms with Crippen molar-refractivity contribution in [1.29, 1.82) is 0 Å². The average Bonchev–Trinajstić information content (AvgIpc) is 2.30. The lowest BCUT2D eigenvalue weighted by molar-refractivity contribution is -0.580. The maximum absolute atomic E-state index is 12.9. The first-order valence-corrected chi connectivity index (χ1v) is 5.30. The Morgan fingerprint density at radius 3 is 2.24 bits per heavy atom. The quantitative estimate of drug-likeness (QED) is 0.582. The first-order chi connectivity index (χ1) is 7.85. The molecule has 17 heavy (non-hydrogen) atoms. The summed E-state index contributed by atoms with van der Waals surface area (Å²) in [7, 11) is 3.72. The number of anilines is 1. The van der Waals surface area contributed by atoms with Crippen molar-refractivity contribution in [3.8, 4) is 0 Å². The van der Waals surface area contributed by atoms with E-state index in [4.69, 9.17) is 0 Å². The maximum atomic E-state index is 12.9. The van der Waals surface area contributed by atoms with Crippen molar-refractivity contribution < 1.29 is 18.1 Å². The minimum Gasteiger partial charge on any atom is -0.771 e. The highest BCUT2D eigenvalue weighted by molar-refractivity contribution is 7.64. The third-order valence-corrected chi connectivity index (χ3v) is 3.04. The molecular formula is C11H10F2N2OS. The predicted molar refractivity (Wildman–Crippen MR) is 61.5 cm³/mol. The SMILES string of the molecule is CN(C)c1cc[n+](C2=C([S-])C(F)(F)C2=O)cc1. The van der Waals surface area contributed by atoms with Crippen molar-refractivity contribution in [3.05, 3.63) is 29.4 Å². The third kappa shape index (κ3) is 1.68. The largest absolute Gasteiger partial charge is 0.771 e. The third-order valence-electron chi connectivity index (χ3n) is 2.59. The molecule has 1 aliphatic carbocycles. The van der Waals surface area contributed by atoms with Crippen LogP contribution in [0.5, 0.6) is 0 Å². The van der Waals surface area contributed by atoms with Crippen molar-refractivity contribution in [2.24, 2.45) is 0 Å². The Morgan fingerprint density at radius 1 is 1.29 bits per heavy atom. The van der Waals surface area contributed by atoms with Crippen LogP contribution in [-0.4, -0.2) is 25.8 Å². The Bertz CT molecular complexity index is 509. The van der Waals surface area contributed by atoms with Crippen molar-refractivity contribution in [1.82, 2.24) is 0 Å². The summed E-state index contributed by atoms with van der Waals surface area (Å²) in [5, 5.41) is 0. The highest BCUT2D eigenvalue weighted by Crippen LogP contribution is 2.38. The molecular weight excluding hydrogens is 246 g/mol. The first kappa shape index (κ1) is 11.9. The average molecular weight is 256 g/mol. The molecule has 1 aromatic rings. The van der Waals surface area contributed by atoms with Crippen LogP contribution >= 0.6 is 0 Å². The number of ketones is 1. The van der Waals surface area contributed by atoms with Gasteiger partial charge in [0.2, 0.25) is 5.70 Å². The Balaban J connectivity index is 2.38. The topological polar surface area (TPSA) is 24.2 Å². The highest BCUT2D eigenvalue weighted by Gasteiger charge is 2.55. The number of pyridine rings is 1. The zero-order valence-electron chi connectivity index (χ0n) is 9.28. The number of allylic oxidation sites excluding steroid dienone is 2. The number of hydrogen-bond donors (Lipinski definition) is 0. The van der Waals surface area contributed by atoms with Crippen LogP contribution in [0.15, 0.2) is 29.4 Å². The van der Waals surface area contributed by atoms with E-state index in [1.807, 2.05) is 19.0 Å². The molecule has 6 heteroatoms. The lowest BCUT2D eigenvalue weighted by atomic mass is 9.98. The molecule has 1 aromatic heterocycles. The van der Waals surface area contributed by atoms with E-state index in [1.165, 1.54) is 4.57 Å². The van der Waals surface area contributed by atoms with Gasteiger partial charge in [-0.2, -0.15) is 13.3 Å². The van der Waals surface area contributed by atoms with Gasteiger partial charge in [-0.25, -0.2) is 0 Å². The molecule has 3 nitrogen and oxygen atoms in total. The van der Waals surface area contributed by atoms with E-state index in [-0.39, 0.29) is 5.70 Å². The molecule has 0 radical (unpaired) electrons. The summed E-state index contributed by atoms with van der Waals surface area (Å²) in [4.78, 5) is 12.5. The van der Waals surface area contributed by atoms with E-state index >= 15 is 0 Å². The van der Waals surface area contributed by atoms with Gasteiger partial charge in [0.25, 0.3) is 5.78 Å². The van der Waals surface area contributed by atoms with Crippen molar-refractivity contribution in [2.75, 3.05) is 19.0 Å². The normalized spacial score (nSPS) is 18.0. The predicted octanol–water partition coefficient (Wildman–Crippen LogP) is 0.974. The molecule has 0 spiro atoms. The summed E-state index contributed by atoms with van der Waals surface area (Å²) >= 11 is 4.55. The van der Waals surface area contributed by atoms with Gasteiger partial charge in [0.15, 0.2) is 12.4 Å². The number of rotatable bonds is 2. The number of halogens is 2. The Labute approximate surface area is 103 Å². The number of nitrogens with zero attached hydrogens (tertiary/aromatic N) is 2. The van der Waals surface area contributed by atoms with E-state index in [0.717, 1.165) is 5.69 Å². The van der Waals surface area contributed by atoms with E-state index in [2.05, 4.69) is 12.6 Å². The molecule has 0 N–H and O–H groups in total. The molecule has 1 heterocycles. The van der Waals surface area contributed by atoms with Crippen LogP contribution in [0.1, 0.15) is 0 Å². The zero-order valence-corrected chi connectivity index (χ0v) is 10.1. The standard InChI is InChI=1S/C11H10F2N2OS/c1-14(2)7-3-5-15(6-4-7)8-9(16)11(12,13)10(8)17/h3-6H,1-2H3. The van der Waals surface area contributed by atoms with Gasteiger partial charge in [-0.05, 0) is 4.91 Å². The van der Waals surface area contributed by atoms with E-state index < -0.39 is 16.6 Å². The lowest BCUT2D eigenvalue weighted by Gasteiger charge is -2.31. The molecule has 0 unspecified atom stereocenters. The van der Waals surface area contributed by atoms with Crippen LogP contribution in [0.2, 0.25) is 0 Å². The summed E-state index contributed by atoms with van der Waals surface area (Å²) in [5.41, 5.74) is 0.793. The molecule has 0 fully saturated rings. The molecule has 2 rings (SSSR count). The van der Waals surface area contributed by atoms with Gasteiger partial charge in [0.1, 0.15) is 0 Å². The van der Waals surface area contributed by atoms with Gasteiger partial charge >= 0.3 is 5.92 Å². The molecule has 90 valence electrons. The number of Topliss-reactive ketones (excluding diaryl/α,β-unsaturated/α-hetero) is 1. The van der Waals surface area contributed by atoms with Gasteiger partial charge in [0, 0.05) is 31.9 Å². The van der Waals surface area contributed by atoms with E-state index in [9.17, 15) is 13.6 Å². The van der Waals surface area contributed by atoms with Crippen molar-refractivity contribution in [3.63, 3.8) is 0 Å². The zero-order chi connectivity index (χ0) is 12.8. The van der Waals surface area contributed by atoms with Gasteiger partial charge in [-0.15, -0.1) is 0 Å². The van der Waals surface area contributed by atoms with E-state index in [1.54, 1.807) is 24.5 Å². The lowest BCUT2D eigenvalue weighted by Crippen LogP contribution is -2.53. The van der Waals surface area contributed by atoms with Gasteiger partial charge in [0.05, 0.1) is 0 Å². The maximum Gasteiger partial charge on any atom is 0.323 e. The molecule has 1 aliphatic rings.